The fourth-order valence-corrected chi connectivity index (χ4v) is 9.57. The first-order valence-electron chi connectivity index (χ1n) is 18.5. The molecule has 1 nitrogen and oxygen atoms in total. The average molecular weight is 665 g/mol. The van der Waals surface area contributed by atoms with E-state index in [0.717, 1.165) is 29.4 Å². The topological polar surface area (TPSA) is 13.1 Å². The molecule has 0 aliphatic heterocycles. The van der Waals surface area contributed by atoms with Gasteiger partial charge in [-0.1, -0.05) is 141 Å². The van der Waals surface area contributed by atoms with Crippen LogP contribution in [-0.4, -0.2) is 0 Å². The molecule has 246 valence electrons. The Kier molecular flexibility index (Phi) is 6.20. The Labute approximate surface area is 302 Å². The summed E-state index contributed by atoms with van der Waals surface area (Å²) in [5, 5.41) is 10.1. The van der Waals surface area contributed by atoms with Gasteiger partial charge in [0.1, 0.15) is 11.2 Å². The Morgan fingerprint density at radius 3 is 1.90 bits per heavy atom. The number of benzene rings is 8. The number of fused-ring (bicyclic) bond motifs is 10. The molecule has 0 amide bonds. The van der Waals surface area contributed by atoms with Crippen LogP contribution in [0.2, 0.25) is 0 Å². The Hall–Kier alpha value is -6.18. The molecule has 1 aromatic heterocycles. The maximum absolute atomic E-state index is 6.57. The highest BCUT2D eigenvalue weighted by molar-refractivity contribution is 6.18. The first-order chi connectivity index (χ1) is 25.6. The fraction of sp³-hybridized carbons (Fsp3) is 0.0980. The lowest BCUT2D eigenvalue weighted by molar-refractivity contribution is 0.663. The number of hydrogen-bond acceptors (Lipinski definition) is 1. The third kappa shape index (κ3) is 4.11. The smallest absolute Gasteiger partial charge is 0.136 e. The van der Waals surface area contributed by atoms with Crippen molar-refractivity contribution >= 4 is 55.6 Å². The second-order valence-electron chi connectivity index (χ2n) is 15.1. The van der Waals surface area contributed by atoms with Crippen LogP contribution in [0.4, 0.5) is 0 Å². The third-order valence-electron chi connectivity index (χ3n) is 11.8. The Morgan fingerprint density at radius 1 is 0.423 bits per heavy atom. The van der Waals surface area contributed by atoms with Crippen LogP contribution in [0.15, 0.2) is 150 Å². The van der Waals surface area contributed by atoms with E-state index < -0.39 is 0 Å². The van der Waals surface area contributed by atoms with Crippen molar-refractivity contribution in [1.82, 2.24) is 0 Å². The molecule has 2 aliphatic rings. The zero-order chi connectivity index (χ0) is 34.6. The predicted molar refractivity (Wildman–Crippen MR) is 220 cm³/mol. The van der Waals surface area contributed by atoms with Crippen molar-refractivity contribution in [3.05, 3.63) is 167 Å². The quantitative estimate of drug-likeness (QED) is 0.183. The minimum atomic E-state index is -0.155. The van der Waals surface area contributed by atoms with Crippen LogP contribution in [0.1, 0.15) is 37.8 Å². The summed E-state index contributed by atoms with van der Waals surface area (Å²) in [7, 11) is 0. The van der Waals surface area contributed by atoms with Crippen molar-refractivity contribution in [3.8, 4) is 44.5 Å². The highest BCUT2D eigenvalue weighted by Gasteiger charge is 2.38. The molecule has 0 N–H and O–H groups in total. The zero-order valence-electron chi connectivity index (χ0n) is 29.3. The first kappa shape index (κ1) is 29.5. The second-order valence-corrected chi connectivity index (χ2v) is 15.1. The van der Waals surface area contributed by atoms with Gasteiger partial charge in [0.25, 0.3) is 0 Å². The summed E-state index contributed by atoms with van der Waals surface area (Å²) in [5.74, 6) is 0. The number of hydrogen-bond donors (Lipinski definition) is 0. The lowest BCUT2D eigenvalue weighted by Gasteiger charge is -2.25. The Morgan fingerprint density at radius 2 is 1.08 bits per heavy atom. The third-order valence-corrected chi connectivity index (χ3v) is 11.8. The van der Waals surface area contributed by atoms with Gasteiger partial charge in [0.15, 0.2) is 0 Å². The summed E-state index contributed by atoms with van der Waals surface area (Å²) in [6, 6.07) is 53.7. The molecule has 11 rings (SSSR count). The molecule has 0 saturated heterocycles. The van der Waals surface area contributed by atoms with Gasteiger partial charge in [-0.2, -0.15) is 0 Å². The monoisotopic (exact) mass is 664 g/mol. The van der Waals surface area contributed by atoms with Gasteiger partial charge in [0.2, 0.25) is 0 Å². The van der Waals surface area contributed by atoms with E-state index in [-0.39, 0.29) is 5.41 Å². The molecule has 52 heavy (non-hydrogen) atoms. The van der Waals surface area contributed by atoms with Crippen molar-refractivity contribution in [2.24, 2.45) is 0 Å². The molecule has 0 radical (unpaired) electrons. The van der Waals surface area contributed by atoms with Gasteiger partial charge < -0.3 is 4.42 Å². The molecule has 0 bridgehead atoms. The van der Waals surface area contributed by atoms with Crippen LogP contribution in [0.25, 0.3) is 100 Å². The van der Waals surface area contributed by atoms with Gasteiger partial charge in [0.05, 0.1) is 0 Å². The molecule has 0 fully saturated rings. The predicted octanol–water partition coefficient (Wildman–Crippen LogP) is 12.6. The molecule has 1 heterocycles. The Bertz CT molecular complexity index is 3080. The van der Waals surface area contributed by atoms with E-state index in [4.69, 9.17) is 4.42 Å². The van der Waals surface area contributed by atoms with Crippen molar-refractivity contribution in [2.75, 3.05) is 0 Å². The first-order valence-corrected chi connectivity index (χ1v) is 18.5. The normalized spacial score (nSPS) is 14.3. The van der Waals surface area contributed by atoms with Crippen molar-refractivity contribution in [2.45, 2.75) is 32.1 Å². The lowest BCUT2D eigenvalue weighted by Crippen LogP contribution is -2.31. The molecule has 9 aromatic rings. The summed E-state index contributed by atoms with van der Waals surface area (Å²) >= 11 is 0. The maximum atomic E-state index is 6.57. The number of furan rings is 1. The largest absolute Gasteiger partial charge is 0.456 e. The minimum absolute atomic E-state index is 0.155. The molecule has 2 aliphatic carbocycles. The lowest BCUT2D eigenvalue weighted by atomic mass is 9.78. The average Bonchev–Trinajstić information content (AvgIpc) is 3.67. The van der Waals surface area contributed by atoms with Gasteiger partial charge >= 0.3 is 0 Å². The highest BCUT2D eigenvalue weighted by atomic mass is 16.3. The van der Waals surface area contributed by atoms with Gasteiger partial charge in [-0.3, -0.25) is 0 Å². The van der Waals surface area contributed by atoms with Crippen molar-refractivity contribution in [1.29, 1.82) is 0 Å². The van der Waals surface area contributed by atoms with Crippen LogP contribution in [0.3, 0.4) is 0 Å². The second kappa shape index (κ2) is 10.9. The number of para-hydroxylation sites is 1. The molecular weight excluding hydrogens is 629 g/mol. The molecule has 0 atom stereocenters. The number of rotatable bonds is 3. The molecular formula is C51H36O. The van der Waals surface area contributed by atoms with Crippen molar-refractivity contribution in [3.63, 3.8) is 0 Å². The highest BCUT2D eigenvalue weighted by Crippen LogP contribution is 2.54. The van der Waals surface area contributed by atoms with E-state index in [1.807, 2.05) is 0 Å². The summed E-state index contributed by atoms with van der Waals surface area (Å²) in [6.07, 6.45) is 7.05. The summed E-state index contributed by atoms with van der Waals surface area (Å²) in [6.45, 7) is 4.77. The van der Waals surface area contributed by atoms with E-state index in [1.54, 1.807) is 0 Å². The van der Waals surface area contributed by atoms with Gasteiger partial charge in [-0.05, 0) is 131 Å². The van der Waals surface area contributed by atoms with E-state index in [1.165, 1.54) is 93.0 Å². The molecule has 0 unspecified atom stereocenters. The van der Waals surface area contributed by atoms with Crippen LogP contribution in [-0.2, 0) is 5.41 Å². The maximum Gasteiger partial charge on any atom is 0.136 e. The van der Waals surface area contributed by atoms with E-state index in [0.29, 0.717) is 0 Å². The molecule has 0 spiro atoms. The fourth-order valence-electron chi connectivity index (χ4n) is 9.57. The van der Waals surface area contributed by atoms with Crippen LogP contribution < -0.4 is 10.4 Å². The van der Waals surface area contributed by atoms with Crippen LogP contribution in [0, 0.1) is 0 Å². The minimum Gasteiger partial charge on any atom is -0.456 e. The summed E-state index contributed by atoms with van der Waals surface area (Å²) in [4.78, 5) is 0. The summed E-state index contributed by atoms with van der Waals surface area (Å²) in [5.41, 5.74) is 14.8. The molecule has 8 aromatic carbocycles. The molecule has 1 heteroatoms. The zero-order valence-corrected chi connectivity index (χ0v) is 29.3. The summed E-state index contributed by atoms with van der Waals surface area (Å²) < 4.78 is 6.57. The van der Waals surface area contributed by atoms with Gasteiger partial charge in [-0.15, -0.1) is 0 Å². The van der Waals surface area contributed by atoms with Crippen molar-refractivity contribution < 1.29 is 4.42 Å². The van der Waals surface area contributed by atoms with Crippen LogP contribution >= 0.6 is 0 Å². The van der Waals surface area contributed by atoms with E-state index in [2.05, 4.69) is 172 Å². The SMILES string of the molecule is CC1(C)c2ccccc2-c2cc(-c3c4c(c(-c5cccc(-c6ccccc6)c5)c5ccccc35)=CCCC=4)c3cc4c(cc3c21)oc1ccccc14. The van der Waals surface area contributed by atoms with Crippen LogP contribution in [0.5, 0.6) is 0 Å². The standard InChI is InChI=1S/C51H36O/c1-51(2)45-25-12-10-19-34(45)43-29-42(40-28-41-35-20-11-13-26-46(35)52-47(41)30-44(40)50(43)51)49-38-23-8-6-21-36(38)48(37-22-7-9-24-39(37)49)33-18-14-17-32(27-33)31-15-4-3-5-16-31/h3-6,8,10-30H,7,9H2,1-2H3. The Balaban J connectivity index is 1.29. The van der Waals surface area contributed by atoms with E-state index >= 15 is 0 Å². The molecule has 0 saturated carbocycles. The van der Waals surface area contributed by atoms with Gasteiger partial charge in [-0.25, -0.2) is 0 Å². The van der Waals surface area contributed by atoms with E-state index in [9.17, 15) is 0 Å². The van der Waals surface area contributed by atoms with Gasteiger partial charge in [0, 0.05) is 16.2 Å².